The van der Waals surface area contributed by atoms with E-state index in [0.29, 0.717) is 12.4 Å². The van der Waals surface area contributed by atoms with Gasteiger partial charge in [0.1, 0.15) is 5.75 Å². The summed E-state index contributed by atoms with van der Waals surface area (Å²) in [5, 5.41) is 0. The molecule has 6 nitrogen and oxygen atoms in total. The number of rotatable bonds is 7. The van der Waals surface area contributed by atoms with E-state index in [-0.39, 0.29) is 17.9 Å². The van der Waals surface area contributed by atoms with E-state index in [0.717, 1.165) is 0 Å². The Bertz CT molecular complexity index is 496. The van der Waals surface area contributed by atoms with Crippen LogP contribution in [-0.2, 0) is 14.8 Å². The maximum absolute atomic E-state index is 11.8. The molecular weight excluding hydrogens is 256 g/mol. The molecule has 0 aliphatic heterocycles. The Labute approximate surface area is 106 Å². The average molecular weight is 272 g/mol. The van der Waals surface area contributed by atoms with E-state index in [4.69, 9.17) is 10.5 Å². The molecule has 0 aromatic heterocycles. The number of benzene rings is 1. The predicted molar refractivity (Wildman–Crippen MR) is 66.6 cm³/mol. The molecule has 7 heteroatoms. The van der Waals surface area contributed by atoms with E-state index in [9.17, 15) is 13.2 Å². The lowest BCUT2D eigenvalue weighted by molar-refractivity contribution is -0.117. The van der Waals surface area contributed by atoms with E-state index in [1.165, 1.54) is 12.1 Å². The van der Waals surface area contributed by atoms with Crippen molar-refractivity contribution in [3.63, 3.8) is 0 Å². The third-order valence-corrected chi connectivity index (χ3v) is 3.59. The number of ether oxygens (including phenoxy) is 1. The van der Waals surface area contributed by atoms with Crippen LogP contribution in [0.25, 0.3) is 0 Å². The summed E-state index contributed by atoms with van der Waals surface area (Å²) in [7, 11) is -3.60. The van der Waals surface area contributed by atoms with Crippen molar-refractivity contribution in [2.45, 2.75) is 18.2 Å². The van der Waals surface area contributed by atoms with Gasteiger partial charge >= 0.3 is 0 Å². The predicted octanol–water partition coefficient (Wildman–Crippen LogP) is 0.239. The van der Waals surface area contributed by atoms with E-state index in [1.807, 2.05) is 6.92 Å². The van der Waals surface area contributed by atoms with Crippen LogP contribution in [0.2, 0.25) is 0 Å². The number of sulfonamides is 1. The molecule has 0 saturated heterocycles. The molecule has 3 N–H and O–H groups in total. The van der Waals surface area contributed by atoms with Gasteiger partial charge in [0, 0.05) is 13.0 Å². The molecule has 0 spiro atoms. The largest absolute Gasteiger partial charge is 0.494 e. The fraction of sp³-hybridized carbons (Fsp3) is 0.364. The Morgan fingerprint density at radius 1 is 1.33 bits per heavy atom. The molecule has 0 bridgehead atoms. The first-order valence-electron chi connectivity index (χ1n) is 5.46. The normalized spacial score (nSPS) is 11.2. The molecule has 1 aromatic carbocycles. The first-order chi connectivity index (χ1) is 8.45. The second-order valence-corrected chi connectivity index (χ2v) is 5.29. The summed E-state index contributed by atoms with van der Waals surface area (Å²) in [6.45, 7) is 2.35. The standard InChI is InChI=1S/C11H16N2O4S/c1-2-17-9-3-5-10(6-4-9)18(15,16)13-8-7-11(12)14/h3-6,13H,2,7-8H2,1H3,(H2,12,14). The van der Waals surface area contributed by atoms with Crippen molar-refractivity contribution in [1.82, 2.24) is 4.72 Å². The van der Waals surface area contributed by atoms with Crippen LogP contribution in [0.15, 0.2) is 29.2 Å². The zero-order valence-corrected chi connectivity index (χ0v) is 10.9. The van der Waals surface area contributed by atoms with Crippen molar-refractivity contribution in [3.05, 3.63) is 24.3 Å². The number of primary amides is 1. The van der Waals surface area contributed by atoms with E-state index < -0.39 is 15.9 Å². The highest BCUT2D eigenvalue weighted by atomic mass is 32.2. The zero-order valence-electron chi connectivity index (χ0n) is 10.0. The highest BCUT2D eigenvalue weighted by Crippen LogP contribution is 2.15. The Kier molecular flexibility index (Phi) is 5.11. The molecule has 0 aliphatic carbocycles. The SMILES string of the molecule is CCOc1ccc(S(=O)(=O)NCCC(N)=O)cc1. The van der Waals surface area contributed by atoms with Crippen LogP contribution in [0.5, 0.6) is 5.75 Å². The first-order valence-corrected chi connectivity index (χ1v) is 6.95. The number of nitrogens with one attached hydrogen (secondary N) is 1. The first kappa shape index (κ1) is 14.5. The maximum Gasteiger partial charge on any atom is 0.240 e. The highest BCUT2D eigenvalue weighted by Gasteiger charge is 2.13. The Morgan fingerprint density at radius 2 is 1.94 bits per heavy atom. The lowest BCUT2D eigenvalue weighted by Gasteiger charge is -2.07. The average Bonchev–Trinajstić information content (AvgIpc) is 2.29. The van der Waals surface area contributed by atoms with Gasteiger partial charge in [-0.1, -0.05) is 0 Å². The summed E-state index contributed by atoms with van der Waals surface area (Å²) in [5.41, 5.74) is 4.92. The fourth-order valence-corrected chi connectivity index (χ4v) is 2.31. The molecule has 1 aromatic rings. The fourth-order valence-electron chi connectivity index (χ4n) is 1.27. The van der Waals surface area contributed by atoms with Gasteiger partial charge in [-0.3, -0.25) is 4.79 Å². The zero-order chi connectivity index (χ0) is 13.6. The van der Waals surface area contributed by atoms with Gasteiger partial charge < -0.3 is 10.5 Å². The van der Waals surface area contributed by atoms with Crippen LogP contribution < -0.4 is 15.2 Å². The van der Waals surface area contributed by atoms with Crippen molar-refractivity contribution in [2.75, 3.05) is 13.2 Å². The van der Waals surface area contributed by atoms with Crippen molar-refractivity contribution in [2.24, 2.45) is 5.73 Å². The number of hydrogen-bond acceptors (Lipinski definition) is 4. The van der Waals surface area contributed by atoms with E-state index in [2.05, 4.69) is 4.72 Å². The van der Waals surface area contributed by atoms with Crippen LogP contribution in [-0.4, -0.2) is 27.5 Å². The molecule has 1 rings (SSSR count). The summed E-state index contributed by atoms with van der Waals surface area (Å²) in [6, 6.07) is 6.04. The molecule has 0 unspecified atom stereocenters. The number of carbonyl (C=O) groups is 1. The van der Waals surface area contributed by atoms with Gasteiger partial charge in [-0.2, -0.15) is 0 Å². The quantitative estimate of drug-likeness (QED) is 0.742. The Morgan fingerprint density at radius 3 is 2.44 bits per heavy atom. The molecule has 0 atom stereocenters. The number of hydrogen-bond donors (Lipinski definition) is 2. The summed E-state index contributed by atoms with van der Waals surface area (Å²) in [5.74, 6) is 0.0537. The molecule has 1 amide bonds. The van der Waals surface area contributed by atoms with E-state index in [1.54, 1.807) is 12.1 Å². The third kappa shape index (κ3) is 4.34. The smallest absolute Gasteiger partial charge is 0.240 e. The summed E-state index contributed by atoms with van der Waals surface area (Å²) in [4.78, 5) is 10.6. The second kappa shape index (κ2) is 6.36. The molecule has 0 aliphatic rings. The second-order valence-electron chi connectivity index (χ2n) is 3.52. The minimum Gasteiger partial charge on any atom is -0.494 e. The topological polar surface area (TPSA) is 98.5 Å². The van der Waals surface area contributed by atoms with Crippen LogP contribution in [0.3, 0.4) is 0 Å². The van der Waals surface area contributed by atoms with Gasteiger partial charge in [-0.15, -0.1) is 0 Å². The minimum atomic E-state index is -3.60. The minimum absolute atomic E-state index is 0.00905. The van der Waals surface area contributed by atoms with Crippen molar-refractivity contribution >= 4 is 15.9 Å². The van der Waals surface area contributed by atoms with Gasteiger partial charge in [0.25, 0.3) is 0 Å². The molecule has 0 fully saturated rings. The van der Waals surface area contributed by atoms with E-state index >= 15 is 0 Å². The summed E-state index contributed by atoms with van der Waals surface area (Å²) >= 11 is 0. The van der Waals surface area contributed by atoms with Crippen LogP contribution in [0, 0.1) is 0 Å². The Hall–Kier alpha value is -1.60. The van der Waals surface area contributed by atoms with Gasteiger partial charge in [-0.05, 0) is 31.2 Å². The van der Waals surface area contributed by atoms with Crippen molar-refractivity contribution < 1.29 is 17.9 Å². The van der Waals surface area contributed by atoms with Gasteiger partial charge in [0.05, 0.1) is 11.5 Å². The molecule has 100 valence electrons. The number of carbonyl (C=O) groups excluding carboxylic acids is 1. The molecular formula is C11H16N2O4S. The summed E-state index contributed by atoms with van der Waals surface area (Å²) < 4.78 is 31.1. The molecule has 0 radical (unpaired) electrons. The van der Waals surface area contributed by atoms with Crippen molar-refractivity contribution in [1.29, 1.82) is 0 Å². The van der Waals surface area contributed by atoms with Gasteiger partial charge in [0.15, 0.2) is 0 Å². The maximum atomic E-state index is 11.8. The lowest BCUT2D eigenvalue weighted by atomic mass is 10.3. The number of nitrogens with two attached hydrogens (primary N) is 1. The van der Waals surface area contributed by atoms with Crippen LogP contribution in [0.4, 0.5) is 0 Å². The van der Waals surface area contributed by atoms with Crippen LogP contribution in [0.1, 0.15) is 13.3 Å². The molecule has 18 heavy (non-hydrogen) atoms. The van der Waals surface area contributed by atoms with Gasteiger partial charge in [-0.25, -0.2) is 13.1 Å². The number of amides is 1. The summed E-state index contributed by atoms with van der Waals surface area (Å²) in [6.07, 6.45) is -0.0315. The van der Waals surface area contributed by atoms with Crippen molar-refractivity contribution in [3.8, 4) is 5.75 Å². The Balaban J connectivity index is 2.69. The van der Waals surface area contributed by atoms with Crippen LogP contribution >= 0.6 is 0 Å². The molecule has 0 heterocycles. The monoisotopic (exact) mass is 272 g/mol. The molecule has 0 saturated carbocycles. The lowest BCUT2D eigenvalue weighted by Crippen LogP contribution is -2.28. The third-order valence-electron chi connectivity index (χ3n) is 2.11. The highest BCUT2D eigenvalue weighted by molar-refractivity contribution is 7.89. The van der Waals surface area contributed by atoms with Gasteiger partial charge in [0.2, 0.25) is 15.9 Å².